The summed E-state index contributed by atoms with van der Waals surface area (Å²) in [7, 11) is 0. The van der Waals surface area contributed by atoms with Gasteiger partial charge >= 0.3 is 0 Å². The fourth-order valence-electron chi connectivity index (χ4n) is 1.82. The third-order valence-electron chi connectivity index (χ3n) is 3.00. The Morgan fingerprint density at radius 1 is 0.947 bits per heavy atom. The fourth-order valence-corrected chi connectivity index (χ4v) is 1.82. The zero-order valence-electron chi connectivity index (χ0n) is 12.7. The molecule has 0 aliphatic carbocycles. The molecule has 0 fully saturated rings. The normalized spacial score (nSPS) is 10.5. The van der Waals surface area contributed by atoms with E-state index in [0.717, 1.165) is 57.1 Å². The molecular weight excluding hydrogens is 238 g/mol. The van der Waals surface area contributed by atoms with Gasteiger partial charge in [-0.05, 0) is 26.7 Å². The summed E-state index contributed by atoms with van der Waals surface area (Å²) in [5, 5.41) is 3.27. The summed E-state index contributed by atoms with van der Waals surface area (Å²) in [6.45, 7) is 11.3. The van der Waals surface area contributed by atoms with E-state index in [1.54, 1.807) is 0 Å². The number of hydrogen-bond donors (Lipinski definition) is 1. The molecule has 0 aliphatic rings. The molecule has 1 N–H and O–H groups in total. The van der Waals surface area contributed by atoms with Crippen LogP contribution in [0, 0.1) is 0 Å². The van der Waals surface area contributed by atoms with Crippen molar-refractivity contribution >= 4 is 11.9 Å². The van der Waals surface area contributed by atoms with Crippen molar-refractivity contribution in [2.75, 3.05) is 29.9 Å². The smallest absolute Gasteiger partial charge is 0.230 e. The third-order valence-corrected chi connectivity index (χ3v) is 3.00. The van der Waals surface area contributed by atoms with Gasteiger partial charge in [-0.15, -0.1) is 0 Å². The molecule has 0 aliphatic heterocycles. The van der Waals surface area contributed by atoms with Crippen molar-refractivity contribution < 1.29 is 0 Å². The van der Waals surface area contributed by atoms with Gasteiger partial charge in [0.1, 0.15) is 5.82 Å². The SMILES string of the molecule is CCCCc1nc(NCCC)nc(N(CC)CC)n1. The molecule has 0 amide bonds. The Labute approximate surface area is 116 Å². The Morgan fingerprint density at radius 2 is 1.68 bits per heavy atom. The molecule has 108 valence electrons. The standard InChI is InChI=1S/C14H27N5/c1-5-9-10-12-16-13(15-11-6-2)18-14(17-12)19(7-3)8-4/h5-11H2,1-4H3,(H,15,16,17,18). The lowest BCUT2D eigenvalue weighted by Crippen LogP contribution is -2.25. The highest BCUT2D eigenvalue weighted by Crippen LogP contribution is 2.12. The summed E-state index contributed by atoms with van der Waals surface area (Å²) < 4.78 is 0. The highest BCUT2D eigenvalue weighted by Gasteiger charge is 2.10. The molecule has 1 heterocycles. The average Bonchev–Trinajstić information content (AvgIpc) is 2.44. The van der Waals surface area contributed by atoms with E-state index in [9.17, 15) is 0 Å². The van der Waals surface area contributed by atoms with Gasteiger partial charge in [-0.1, -0.05) is 20.3 Å². The van der Waals surface area contributed by atoms with E-state index in [1.807, 2.05) is 0 Å². The minimum absolute atomic E-state index is 0.713. The molecule has 1 rings (SSSR count). The van der Waals surface area contributed by atoms with Crippen molar-refractivity contribution in [1.29, 1.82) is 0 Å². The molecule has 1 aromatic heterocycles. The minimum atomic E-state index is 0.713. The van der Waals surface area contributed by atoms with Gasteiger partial charge in [0.05, 0.1) is 0 Å². The van der Waals surface area contributed by atoms with E-state index in [4.69, 9.17) is 0 Å². The van der Waals surface area contributed by atoms with Crippen LogP contribution < -0.4 is 10.2 Å². The molecule has 0 saturated carbocycles. The van der Waals surface area contributed by atoms with Crippen molar-refractivity contribution in [3.8, 4) is 0 Å². The van der Waals surface area contributed by atoms with Crippen LogP contribution in [0.3, 0.4) is 0 Å². The molecule has 1 aromatic rings. The lowest BCUT2D eigenvalue weighted by molar-refractivity contribution is 0.729. The maximum absolute atomic E-state index is 4.58. The number of unbranched alkanes of at least 4 members (excludes halogenated alkanes) is 1. The molecule has 0 spiro atoms. The molecule has 5 heteroatoms. The van der Waals surface area contributed by atoms with E-state index in [0.29, 0.717) is 5.95 Å². The molecule has 5 nitrogen and oxygen atoms in total. The Bertz CT molecular complexity index is 337. The van der Waals surface area contributed by atoms with Gasteiger partial charge in [0.2, 0.25) is 11.9 Å². The van der Waals surface area contributed by atoms with Crippen molar-refractivity contribution in [2.45, 2.75) is 53.4 Å². The summed E-state index contributed by atoms with van der Waals surface area (Å²) in [4.78, 5) is 15.8. The van der Waals surface area contributed by atoms with Gasteiger partial charge in [0.25, 0.3) is 0 Å². The second-order valence-electron chi connectivity index (χ2n) is 4.58. The predicted molar refractivity (Wildman–Crippen MR) is 80.8 cm³/mol. The van der Waals surface area contributed by atoms with Gasteiger partial charge in [-0.2, -0.15) is 15.0 Å². The highest BCUT2D eigenvalue weighted by molar-refractivity contribution is 5.36. The number of aromatic nitrogens is 3. The minimum Gasteiger partial charge on any atom is -0.354 e. The van der Waals surface area contributed by atoms with Crippen LogP contribution >= 0.6 is 0 Å². The van der Waals surface area contributed by atoms with Crippen LogP contribution in [0.4, 0.5) is 11.9 Å². The molecule has 0 unspecified atom stereocenters. The lowest BCUT2D eigenvalue weighted by Gasteiger charge is -2.19. The number of nitrogens with zero attached hydrogens (tertiary/aromatic N) is 4. The molecule has 0 radical (unpaired) electrons. The predicted octanol–water partition coefficient (Wildman–Crippen LogP) is 2.88. The van der Waals surface area contributed by atoms with Crippen LogP contribution in [0.1, 0.15) is 52.8 Å². The van der Waals surface area contributed by atoms with E-state index >= 15 is 0 Å². The zero-order chi connectivity index (χ0) is 14.1. The monoisotopic (exact) mass is 265 g/mol. The third kappa shape index (κ3) is 5.01. The number of aryl methyl sites for hydroxylation is 1. The second kappa shape index (κ2) is 8.67. The topological polar surface area (TPSA) is 53.9 Å². The Balaban J connectivity index is 2.93. The number of anilines is 2. The number of nitrogens with one attached hydrogen (secondary N) is 1. The average molecular weight is 265 g/mol. The quantitative estimate of drug-likeness (QED) is 0.744. The van der Waals surface area contributed by atoms with Crippen LogP contribution in [0.5, 0.6) is 0 Å². The Hall–Kier alpha value is -1.39. The zero-order valence-corrected chi connectivity index (χ0v) is 12.7. The van der Waals surface area contributed by atoms with Crippen LogP contribution in [0.15, 0.2) is 0 Å². The summed E-state index contributed by atoms with van der Waals surface area (Å²) in [6, 6.07) is 0. The van der Waals surface area contributed by atoms with Crippen LogP contribution in [-0.2, 0) is 6.42 Å². The van der Waals surface area contributed by atoms with Gasteiger partial charge in [-0.3, -0.25) is 0 Å². The van der Waals surface area contributed by atoms with Crippen molar-refractivity contribution in [3.63, 3.8) is 0 Å². The second-order valence-corrected chi connectivity index (χ2v) is 4.58. The molecule has 0 aromatic carbocycles. The maximum atomic E-state index is 4.58. The van der Waals surface area contributed by atoms with Crippen LogP contribution in [0.2, 0.25) is 0 Å². The summed E-state index contributed by atoms with van der Waals surface area (Å²) in [5.74, 6) is 2.41. The fraction of sp³-hybridized carbons (Fsp3) is 0.786. The summed E-state index contributed by atoms with van der Waals surface area (Å²) in [6.07, 6.45) is 4.27. The maximum Gasteiger partial charge on any atom is 0.230 e. The van der Waals surface area contributed by atoms with E-state index in [-0.39, 0.29) is 0 Å². The Kier molecular flexibility index (Phi) is 7.15. The van der Waals surface area contributed by atoms with E-state index < -0.39 is 0 Å². The molecule has 0 bridgehead atoms. The van der Waals surface area contributed by atoms with Crippen molar-refractivity contribution in [2.24, 2.45) is 0 Å². The first-order valence-electron chi connectivity index (χ1n) is 7.48. The summed E-state index contributed by atoms with van der Waals surface area (Å²) in [5.41, 5.74) is 0. The van der Waals surface area contributed by atoms with Crippen LogP contribution in [0.25, 0.3) is 0 Å². The number of rotatable bonds is 9. The van der Waals surface area contributed by atoms with Crippen molar-refractivity contribution in [1.82, 2.24) is 15.0 Å². The number of hydrogen-bond acceptors (Lipinski definition) is 5. The van der Waals surface area contributed by atoms with Crippen molar-refractivity contribution in [3.05, 3.63) is 5.82 Å². The molecule has 0 saturated heterocycles. The van der Waals surface area contributed by atoms with Gasteiger partial charge < -0.3 is 10.2 Å². The highest BCUT2D eigenvalue weighted by atomic mass is 15.3. The van der Waals surface area contributed by atoms with Gasteiger partial charge in [0, 0.05) is 26.1 Å². The first-order chi connectivity index (χ1) is 9.24. The van der Waals surface area contributed by atoms with Crippen LogP contribution in [-0.4, -0.2) is 34.6 Å². The lowest BCUT2D eigenvalue weighted by atomic mass is 10.2. The molecule has 0 atom stereocenters. The first kappa shape index (κ1) is 15.7. The Morgan fingerprint density at radius 3 is 2.26 bits per heavy atom. The van der Waals surface area contributed by atoms with Gasteiger partial charge in [-0.25, -0.2) is 0 Å². The first-order valence-corrected chi connectivity index (χ1v) is 7.48. The van der Waals surface area contributed by atoms with Gasteiger partial charge in [0.15, 0.2) is 0 Å². The molecular formula is C14H27N5. The van der Waals surface area contributed by atoms with E-state index in [2.05, 4.69) is 52.9 Å². The largest absolute Gasteiger partial charge is 0.354 e. The summed E-state index contributed by atoms with van der Waals surface area (Å²) >= 11 is 0. The molecule has 19 heavy (non-hydrogen) atoms. The van der Waals surface area contributed by atoms with E-state index in [1.165, 1.54) is 0 Å².